The van der Waals surface area contributed by atoms with Crippen LogP contribution in [-0.4, -0.2) is 55.7 Å². The minimum absolute atomic E-state index is 0.00520. The molecule has 1 amide bonds. The third-order valence-corrected chi connectivity index (χ3v) is 5.07. The predicted octanol–water partition coefficient (Wildman–Crippen LogP) is 2.75. The maximum atomic E-state index is 12.7. The Labute approximate surface area is 134 Å². The second-order valence-corrected chi connectivity index (χ2v) is 7.82. The number of anilines is 1. The molecule has 1 aliphatic rings. The van der Waals surface area contributed by atoms with Crippen LogP contribution in [0.3, 0.4) is 0 Å². The van der Waals surface area contributed by atoms with Gasteiger partial charge in [-0.05, 0) is 5.41 Å². The van der Waals surface area contributed by atoms with Crippen molar-refractivity contribution in [1.82, 2.24) is 9.88 Å². The topological polar surface area (TPSA) is 45.7 Å². The van der Waals surface area contributed by atoms with Crippen LogP contribution in [0.1, 0.15) is 30.4 Å². The Balaban J connectivity index is 2.16. The van der Waals surface area contributed by atoms with E-state index in [-0.39, 0.29) is 22.6 Å². The highest BCUT2D eigenvalue weighted by Crippen LogP contribution is 2.31. The first-order valence-corrected chi connectivity index (χ1v) is 8.14. The van der Waals surface area contributed by atoms with Crippen LogP contribution in [0, 0.1) is 5.41 Å². The fourth-order valence-corrected chi connectivity index (χ4v) is 3.29. The maximum Gasteiger partial charge on any atom is 0.267 e. The van der Waals surface area contributed by atoms with Crippen LogP contribution in [0.15, 0.2) is 0 Å². The molecule has 0 saturated carbocycles. The first kappa shape index (κ1) is 16.5. The fourth-order valence-electron chi connectivity index (χ4n) is 2.12. The van der Waals surface area contributed by atoms with Crippen molar-refractivity contribution in [1.29, 1.82) is 0 Å². The van der Waals surface area contributed by atoms with Gasteiger partial charge in [0.1, 0.15) is 4.88 Å². The van der Waals surface area contributed by atoms with Gasteiger partial charge in [0, 0.05) is 27.2 Å². The van der Waals surface area contributed by atoms with E-state index >= 15 is 0 Å². The van der Waals surface area contributed by atoms with Crippen LogP contribution in [-0.2, 0) is 4.74 Å². The number of hydrogen-bond acceptors (Lipinski definition) is 5. The summed E-state index contributed by atoms with van der Waals surface area (Å²) in [6.45, 7) is 8.11. The number of rotatable bonds is 2. The van der Waals surface area contributed by atoms with Gasteiger partial charge in [0.15, 0.2) is 10.3 Å². The number of morpholine rings is 1. The molecular formula is C14H22ClN3O2S. The molecule has 0 radical (unpaired) electrons. The number of carbonyl (C=O) groups excluding carboxylic acids is 1. The van der Waals surface area contributed by atoms with Crippen LogP contribution in [0.4, 0.5) is 5.13 Å². The molecule has 1 aromatic rings. The first-order chi connectivity index (χ1) is 9.70. The van der Waals surface area contributed by atoms with E-state index in [9.17, 15) is 4.79 Å². The molecule has 0 aliphatic carbocycles. The van der Waals surface area contributed by atoms with Crippen LogP contribution >= 0.6 is 22.9 Å². The number of carbonyl (C=O) groups is 1. The molecule has 1 fully saturated rings. The molecule has 0 N–H and O–H groups in total. The van der Waals surface area contributed by atoms with Gasteiger partial charge in [0.05, 0.1) is 12.7 Å². The van der Waals surface area contributed by atoms with Gasteiger partial charge in [-0.15, -0.1) is 0 Å². The molecular weight excluding hydrogens is 310 g/mol. The monoisotopic (exact) mass is 331 g/mol. The zero-order valence-electron chi connectivity index (χ0n) is 13.1. The number of aromatic nitrogens is 1. The van der Waals surface area contributed by atoms with E-state index in [4.69, 9.17) is 16.3 Å². The summed E-state index contributed by atoms with van der Waals surface area (Å²) < 4.78 is 5.79. The second-order valence-electron chi connectivity index (χ2n) is 6.49. The van der Waals surface area contributed by atoms with Crippen molar-refractivity contribution in [2.45, 2.75) is 26.9 Å². The molecule has 0 aromatic carbocycles. The van der Waals surface area contributed by atoms with E-state index < -0.39 is 0 Å². The Bertz CT molecular complexity index is 525. The summed E-state index contributed by atoms with van der Waals surface area (Å²) in [5, 5.41) is 1.02. The SMILES string of the molecule is CN(C)c1nc(Cl)c(C(=O)N2CCOC(C(C)(C)C)C2)s1. The van der Waals surface area contributed by atoms with Crippen molar-refractivity contribution in [3.63, 3.8) is 0 Å². The van der Waals surface area contributed by atoms with E-state index in [0.717, 1.165) is 5.13 Å². The van der Waals surface area contributed by atoms with Gasteiger partial charge < -0.3 is 14.5 Å². The number of amides is 1. The molecule has 0 spiro atoms. The average molecular weight is 332 g/mol. The molecule has 2 heterocycles. The van der Waals surface area contributed by atoms with Gasteiger partial charge >= 0.3 is 0 Å². The van der Waals surface area contributed by atoms with Gasteiger partial charge in [-0.2, -0.15) is 0 Å². The highest BCUT2D eigenvalue weighted by Gasteiger charge is 2.34. The lowest BCUT2D eigenvalue weighted by molar-refractivity contribution is -0.0705. The molecule has 1 saturated heterocycles. The Hall–Kier alpha value is -0.850. The maximum absolute atomic E-state index is 12.7. The molecule has 21 heavy (non-hydrogen) atoms. The van der Waals surface area contributed by atoms with Gasteiger partial charge in [0.25, 0.3) is 5.91 Å². The Morgan fingerprint density at radius 3 is 2.67 bits per heavy atom. The van der Waals surface area contributed by atoms with E-state index in [0.29, 0.717) is 24.6 Å². The lowest BCUT2D eigenvalue weighted by Gasteiger charge is -2.39. The van der Waals surface area contributed by atoms with E-state index in [2.05, 4.69) is 25.8 Å². The smallest absolute Gasteiger partial charge is 0.267 e. The molecule has 1 aliphatic heterocycles. The quantitative estimate of drug-likeness (QED) is 0.836. The third-order valence-electron chi connectivity index (χ3n) is 3.47. The molecule has 1 unspecified atom stereocenters. The van der Waals surface area contributed by atoms with Gasteiger partial charge in [-0.3, -0.25) is 4.79 Å². The average Bonchev–Trinajstić information content (AvgIpc) is 2.79. The van der Waals surface area contributed by atoms with Crippen molar-refractivity contribution in [2.75, 3.05) is 38.7 Å². The van der Waals surface area contributed by atoms with Gasteiger partial charge in [0.2, 0.25) is 0 Å². The van der Waals surface area contributed by atoms with Crippen molar-refractivity contribution in [2.24, 2.45) is 5.41 Å². The van der Waals surface area contributed by atoms with Crippen LogP contribution < -0.4 is 4.90 Å². The van der Waals surface area contributed by atoms with Crippen molar-refractivity contribution in [3.8, 4) is 0 Å². The lowest BCUT2D eigenvalue weighted by atomic mass is 9.88. The van der Waals surface area contributed by atoms with E-state index in [1.807, 2.05) is 23.9 Å². The van der Waals surface area contributed by atoms with Crippen molar-refractivity contribution >= 4 is 34.0 Å². The summed E-state index contributed by atoms with van der Waals surface area (Å²) in [7, 11) is 3.77. The summed E-state index contributed by atoms with van der Waals surface area (Å²) in [5.74, 6) is -0.0526. The van der Waals surface area contributed by atoms with E-state index in [1.54, 1.807) is 0 Å². The molecule has 1 atom stereocenters. The number of ether oxygens (including phenoxy) is 1. The minimum atomic E-state index is -0.0526. The number of nitrogens with zero attached hydrogens (tertiary/aromatic N) is 3. The summed E-state index contributed by atoms with van der Waals surface area (Å²) in [6, 6.07) is 0. The van der Waals surface area contributed by atoms with Crippen LogP contribution in [0.25, 0.3) is 0 Å². The summed E-state index contributed by atoms with van der Waals surface area (Å²) in [6.07, 6.45) is 0.0372. The van der Waals surface area contributed by atoms with Gasteiger partial charge in [-0.1, -0.05) is 43.7 Å². The third kappa shape index (κ3) is 3.67. The van der Waals surface area contributed by atoms with Gasteiger partial charge in [-0.25, -0.2) is 4.98 Å². The minimum Gasteiger partial charge on any atom is -0.374 e. The van der Waals surface area contributed by atoms with Crippen LogP contribution in [0.2, 0.25) is 5.15 Å². The van der Waals surface area contributed by atoms with Crippen molar-refractivity contribution in [3.05, 3.63) is 10.0 Å². The highest BCUT2D eigenvalue weighted by molar-refractivity contribution is 7.18. The van der Waals surface area contributed by atoms with Crippen molar-refractivity contribution < 1.29 is 9.53 Å². The molecule has 7 heteroatoms. The standard InChI is InChI=1S/C14H22ClN3O2S/c1-14(2,3)9-8-18(6-7-20-9)12(19)10-11(15)16-13(21-10)17(4)5/h9H,6-8H2,1-5H3. The molecule has 1 aromatic heterocycles. The Morgan fingerprint density at radius 2 is 2.14 bits per heavy atom. The molecule has 5 nitrogen and oxygen atoms in total. The Morgan fingerprint density at radius 1 is 1.48 bits per heavy atom. The lowest BCUT2D eigenvalue weighted by Crippen LogP contribution is -2.50. The van der Waals surface area contributed by atoms with E-state index in [1.165, 1.54) is 11.3 Å². The zero-order valence-corrected chi connectivity index (χ0v) is 14.7. The molecule has 0 bridgehead atoms. The summed E-state index contributed by atoms with van der Waals surface area (Å²) in [5.41, 5.74) is 0.00520. The second kappa shape index (κ2) is 6.10. The number of hydrogen-bond donors (Lipinski definition) is 0. The zero-order chi connectivity index (χ0) is 15.8. The molecule has 2 rings (SSSR count). The van der Waals surface area contributed by atoms with Crippen LogP contribution in [0.5, 0.6) is 0 Å². The normalized spacial score (nSPS) is 19.7. The predicted molar refractivity (Wildman–Crippen MR) is 86.5 cm³/mol. The highest BCUT2D eigenvalue weighted by atomic mass is 35.5. The molecule has 118 valence electrons. The fraction of sp³-hybridized carbons (Fsp3) is 0.714. The number of thiazole rings is 1. The first-order valence-electron chi connectivity index (χ1n) is 6.94. The Kier molecular flexibility index (Phi) is 4.80. The number of halogens is 1. The summed E-state index contributed by atoms with van der Waals surface area (Å²) in [4.78, 5) is 21.1. The summed E-state index contributed by atoms with van der Waals surface area (Å²) >= 11 is 7.45. The largest absolute Gasteiger partial charge is 0.374 e.